The maximum atomic E-state index is 14.1. The van der Waals surface area contributed by atoms with E-state index in [1.165, 1.54) is 12.1 Å². The highest BCUT2D eigenvalue weighted by Crippen LogP contribution is 2.26. The number of halogens is 1. The summed E-state index contributed by atoms with van der Waals surface area (Å²) in [7, 11) is 0. The number of imide groups is 1. The van der Waals surface area contributed by atoms with Crippen molar-refractivity contribution in [3.05, 3.63) is 51.2 Å². The average molecular weight is 358 g/mol. The number of fused-ring (bicyclic) bond motifs is 1. The highest BCUT2D eigenvalue weighted by atomic mass is 19.1. The van der Waals surface area contributed by atoms with E-state index >= 15 is 0 Å². The van der Waals surface area contributed by atoms with Gasteiger partial charge in [-0.1, -0.05) is 13.0 Å². The Hall–Kier alpha value is -3.03. The topological polar surface area (TPSA) is 95.2 Å². The molecule has 8 heteroatoms. The maximum absolute atomic E-state index is 14.1. The summed E-state index contributed by atoms with van der Waals surface area (Å²) in [6.45, 7) is 2.35. The van der Waals surface area contributed by atoms with E-state index in [0.717, 1.165) is 17.9 Å². The van der Waals surface area contributed by atoms with Crippen LogP contribution in [-0.2, 0) is 22.4 Å². The van der Waals surface area contributed by atoms with Gasteiger partial charge < -0.3 is 5.32 Å². The molecule has 7 nitrogen and oxygen atoms in total. The standard InChI is InChI=1S/C18H19FN4O3/c1-2-16(25)23(10-24)15-9-11(5-6-13(15)19)8-14-17-12(4-3-7-20-17)18(26)22-21-14/h5-6,9-10,20H,2-4,7-8H2,1H3,(H,22,26). The minimum absolute atomic E-state index is 0.0846. The summed E-state index contributed by atoms with van der Waals surface area (Å²) < 4.78 is 14.1. The number of amides is 2. The number of hydrogen-bond acceptors (Lipinski definition) is 5. The van der Waals surface area contributed by atoms with Crippen LogP contribution in [0.5, 0.6) is 0 Å². The van der Waals surface area contributed by atoms with Crippen molar-refractivity contribution in [2.24, 2.45) is 0 Å². The molecule has 1 aromatic heterocycles. The molecule has 1 aliphatic heterocycles. The third kappa shape index (κ3) is 3.35. The van der Waals surface area contributed by atoms with Gasteiger partial charge in [-0.25, -0.2) is 9.49 Å². The van der Waals surface area contributed by atoms with Crippen LogP contribution in [0.15, 0.2) is 23.0 Å². The molecule has 2 aromatic rings. The predicted octanol–water partition coefficient (Wildman–Crippen LogP) is 1.76. The molecule has 2 N–H and O–H groups in total. The van der Waals surface area contributed by atoms with Crippen molar-refractivity contribution >= 4 is 23.7 Å². The molecule has 1 aliphatic rings. The summed E-state index contributed by atoms with van der Waals surface area (Å²) in [6, 6.07) is 4.25. The maximum Gasteiger partial charge on any atom is 0.269 e. The van der Waals surface area contributed by atoms with Gasteiger partial charge in [0.2, 0.25) is 12.3 Å². The first-order valence-corrected chi connectivity index (χ1v) is 8.45. The molecule has 0 unspecified atom stereocenters. The van der Waals surface area contributed by atoms with Gasteiger partial charge in [-0.05, 0) is 30.5 Å². The van der Waals surface area contributed by atoms with Gasteiger partial charge in [-0.2, -0.15) is 5.10 Å². The number of anilines is 2. The first-order chi connectivity index (χ1) is 12.5. The lowest BCUT2D eigenvalue weighted by molar-refractivity contribution is -0.121. The second-order valence-corrected chi connectivity index (χ2v) is 6.07. The van der Waals surface area contributed by atoms with E-state index in [4.69, 9.17) is 0 Å². The Bertz CT molecular complexity index is 910. The number of nitrogens with zero attached hydrogens (tertiary/aromatic N) is 2. The van der Waals surface area contributed by atoms with E-state index < -0.39 is 11.7 Å². The van der Waals surface area contributed by atoms with Crippen LogP contribution in [0.4, 0.5) is 15.8 Å². The minimum Gasteiger partial charge on any atom is -0.383 e. The zero-order chi connectivity index (χ0) is 18.7. The van der Waals surface area contributed by atoms with Crippen molar-refractivity contribution in [1.29, 1.82) is 0 Å². The lowest BCUT2D eigenvalue weighted by Crippen LogP contribution is -2.29. The second-order valence-electron chi connectivity index (χ2n) is 6.07. The highest BCUT2D eigenvalue weighted by Gasteiger charge is 2.20. The van der Waals surface area contributed by atoms with E-state index in [9.17, 15) is 18.8 Å². The van der Waals surface area contributed by atoms with Crippen LogP contribution in [0.25, 0.3) is 0 Å². The highest BCUT2D eigenvalue weighted by molar-refractivity contribution is 6.06. The van der Waals surface area contributed by atoms with Gasteiger partial charge in [0.25, 0.3) is 5.56 Å². The number of nitrogens with one attached hydrogen (secondary N) is 2. The normalized spacial score (nSPS) is 12.8. The summed E-state index contributed by atoms with van der Waals surface area (Å²) in [5.41, 5.74) is 2.39. The van der Waals surface area contributed by atoms with Crippen molar-refractivity contribution in [3.8, 4) is 0 Å². The fourth-order valence-corrected chi connectivity index (χ4v) is 3.05. The zero-order valence-electron chi connectivity index (χ0n) is 14.3. The molecule has 0 fully saturated rings. The fourth-order valence-electron chi connectivity index (χ4n) is 3.05. The van der Waals surface area contributed by atoms with Crippen LogP contribution in [0, 0.1) is 5.82 Å². The minimum atomic E-state index is -0.655. The van der Waals surface area contributed by atoms with Crippen LogP contribution < -0.4 is 15.8 Å². The Morgan fingerprint density at radius 2 is 2.23 bits per heavy atom. The first kappa shape index (κ1) is 17.8. The van der Waals surface area contributed by atoms with E-state index in [2.05, 4.69) is 15.5 Å². The number of H-pyrrole nitrogens is 1. The summed E-state index contributed by atoms with van der Waals surface area (Å²) in [4.78, 5) is 35.8. The molecule has 0 radical (unpaired) electrons. The third-order valence-electron chi connectivity index (χ3n) is 4.38. The third-order valence-corrected chi connectivity index (χ3v) is 4.38. The average Bonchev–Trinajstić information content (AvgIpc) is 2.67. The predicted molar refractivity (Wildman–Crippen MR) is 94.7 cm³/mol. The van der Waals surface area contributed by atoms with E-state index in [-0.39, 0.29) is 17.7 Å². The summed E-state index contributed by atoms with van der Waals surface area (Å²) in [6.07, 6.45) is 2.27. The lowest BCUT2D eigenvalue weighted by Gasteiger charge is -2.20. The molecular weight excluding hydrogens is 339 g/mol. The quantitative estimate of drug-likeness (QED) is 0.794. The van der Waals surface area contributed by atoms with Crippen LogP contribution in [0.1, 0.15) is 36.6 Å². The summed E-state index contributed by atoms with van der Waals surface area (Å²) >= 11 is 0. The number of rotatable bonds is 5. The van der Waals surface area contributed by atoms with Gasteiger partial charge in [0.1, 0.15) is 5.82 Å². The molecule has 2 amide bonds. The van der Waals surface area contributed by atoms with E-state index in [0.29, 0.717) is 41.8 Å². The Kier molecular flexibility index (Phi) is 5.11. The van der Waals surface area contributed by atoms with Gasteiger partial charge in [-0.3, -0.25) is 19.3 Å². The monoisotopic (exact) mass is 358 g/mol. The SMILES string of the molecule is CCC(=O)N(C=O)c1cc(Cc2n[nH]c(=O)c3c2NCCC3)ccc1F. The molecule has 0 aliphatic carbocycles. The van der Waals surface area contributed by atoms with Crippen molar-refractivity contribution in [2.45, 2.75) is 32.6 Å². The molecule has 0 bridgehead atoms. The lowest BCUT2D eigenvalue weighted by atomic mass is 10.0. The molecule has 0 saturated carbocycles. The van der Waals surface area contributed by atoms with Gasteiger partial charge in [0, 0.05) is 24.9 Å². The first-order valence-electron chi connectivity index (χ1n) is 8.45. The zero-order valence-corrected chi connectivity index (χ0v) is 14.3. The molecule has 136 valence electrons. The van der Waals surface area contributed by atoms with Crippen LogP contribution in [-0.4, -0.2) is 29.1 Å². The number of aromatic amines is 1. The largest absolute Gasteiger partial charge is 0.383 e. The van der Waals surface area contributed by atoms with Crippen molar-refractivity contribution in [1.82, 2.24) is 10.2 Å². The number of hydrogen-bond donors (Lipinski definition) is 2. The Morgan fingerprint density at radius 3 is 2.96 bits per heavy atom. The number of aromatic nitrogens is 2. The van der Waals surface area contributed by atoms with Crippen LogP contribution in [0.3, 0.4) is 0 Å². The summed E-state index contributed by atoms with van der Waals surface area (Å²) in [5.74, 6) is -1.14. The number of carbonyl (C=O) groups excluding carboxylic acids is 2. The summed E-state index contributed by atoms with van der Waals surface area (Å²) in [5, 5.41) is 9.81. The van der Waals surface area contributed by atoms with E-state index in [1.54, 1.807) is 13.0 Å². The van der Waals surface area contributed by atoms with Gasteiger partial charge in [0.15, 0.2) is 0 Å². The Morgan fingerprint density at radius 1 is 1.42 bits per heavy atom. The molecule has 0 atom stereocenters. The molecule has 3 rings (SSSR count). The molecule has 0 saturated heterocycles. The van der Waals surface area contributed by atoms with E-state index in [1.807, 2.05) is 0 Å². The van der Waals surface area contributed by atoms with Gasteiger partial charge >= 0.3 is 0 Å². The van der Waals surface area contributed by atoms with Crippen molar-refractivity contribution in [3.63, 3.8) is 0 Å². The molecule has 0 spiro atoms. The van der Waals surface area contributed by atoms with Crippen LogP contribution in [0.2, 0.25) is 0 Å². The molecular formula is C18H19FN4O3. The number of carbonyl (C=O) groups is 2. The van der Waals surface area contributed by atoms with Crippen molar-refractivity contribution < 1.29 is 14.0 Å². The van der Waals surface area contributed by atoms with Gasteiger partial charge in [-0.15, -0.1) is 0 Å². The Balaban J connectivity index is 1.97. The second kappa shape index (κ2) is 7.47. The molecule has 26 heavy (non-hydrogen) atoms. The smallest absolute Gasteiger partial charge is 0.269 e. The number of benzene rings is 1. The van der Waals surface area contributed by atoms with Crippen LogP contribution >= 0.6 is 0 Å². The van der Waals surface area contributed by atoms with Crippen molar-refractivity contribution in [2.75, 3.05) is 16.8 Å². The fraction of sp³-hybridized carbons (Fsp3) is 0.333. The van der Waals surface area contributed by atoms with Gasteiger partial charge in [0.05, 0.1) is 17.1 Å². The molecule has 2 heterocycles. The Labute approximate surface area is 149 Å². The molecule has 1 aromatic carbocycles.